The van der Waals surface area contributed by atoms with E-state index in [1.807, 2.05) is 12.1 Å². The molecule has 0 unspecified atom stereocenters. The van der Waals surface area contributed by atoms with Gasteiger partial charge < -0.3 is 14.2 Å². The third kappa shape index (κ3) is 2.31. The second kappa shape index (κ2) is 5.85. The molecule has 1 saturated heterocycles. The Bertz CT molecular complexity index is 647. The van der Waals surface area contributed by atoms with E-state index in [9.17, 15) is 4.79 Å². The molecule has 1 aromatic rings. The van der Waals surface area contributed by atoms with Gasteiger partial charge in [0.05, 0.1) is 25.9 Å². The van der Waals surface area contributed by atoms with Gasteiger partial charge in [-0.05, 0) is 60.3 Å². The highest BCUT2D eigenvalue weighted by Crippen LogP contribution is 2.56. The maximum Gasteiger partial charge on any atom is 0.337 e. The van der Waals surface area contributed by atoms with Gasteiger partial charge in [0.2, 0.25) is 0 Å². The fraction of sp³-hybridized carbons (Fsp3) is 0.650. The smallest absolute Gasteiger partial charge is 0.337 e. The van der Waals surface area contributed by atoms with Crippen molar-refractivity contribution in [2.75, 3.05) is 20.3 Å². The van der Waals surface area contributed by atoms with Crippen molar-refractivity contribution in [3.63, 3.8) is 0 Å². The molecule has 0 aromatic heterocycles. The fourth-order valence-electron chi connectivity index (χ4n) is 5.30. The number of benzene rings is 1. The highest BCUT2D eigenvalue weighted by Gasteiger charge is 2.53. The van der Waals surface area contributed by atoms with Crippen LogP contribution in [0.3, 0.4) is 0 Å². The van der Waals surface area contributed by atoms with Crippen molar-refractivity contribution in [1.82, 2.24) is 0 Å². The van der Waals surface area contributed by atoms with Crippen molar-refractivity contribution in [2.45, 2.75) is 56.7 Å². The SMILES string of the molecule is CC[C@@]12CCC3(C[C@@H]1CCc1cc(C(=O)OC)ccc12)OCCO3. The summed E-state index contributed by atoms with van der Waals surface area (Å²) in [6.07, 6.45) is 6.34. The van der Waals surface area contributed by atoms with Crippen LogP contribution in [0.2, 0.25) is 0 Å². The van der Waals surface area contributed by atoms with Gasteiger partial charge in [0.15, 0.2) is 5.79 Å². The Balaban J connectivity index is 1.69. The summed E-state index contributed by atoms with van der Waals surface area (Å²) in [7, 11) is 1.44. The van der Waals surface area contributed by atoms with E-state index < -0.39 is 0 Å². The van der Waals surface area contributed by atoms with Crippen LogP contribution in [0.25, 0.3) is 0 Å². The summed E-state index contributed by atoms with van der Waals surface area (Å²) in [4.78, 5) is 11.8. The molecule has 0 N–H and O–H groups in total. The van der Waals surface area contributed by atoms with E-state index in [-0.39, 0.29) is 17.2 Å². The van der Waals surface area contributed by atoms with Crippen molar-refractivity contribution in [3.05, 3.63) is 34.9 Å². The largest absolute Gasteiger partial charge is 0.465 e. The number of rotatable bonds is 2. The van der Waals surface area contributed by atoms with Gasteiger partial charge in [-0.3, -0.25) is 0 Å². The fourth-order valence-corrected chi connectivity index (χ4v) is 5.30. The number of carbonyl (C=O) groups excluding carboxylic acids is 1. The molecule has 24 heavy (non-hydrogen) atoms. The van der Waals surface area contributed by atoms with E-state index in [1.165, 1.54) is 18.2 Å². The maximum atomic E-state index is 11.8. The minimum Gasteiger partial charge on any atom is -0.465 e. The zero-order valence-corrected chi connectivity index (χ0v) is 14.6. The predicted molar refractivity (Wildman–Crippen MR) is 90.0 cm³/mol. The molecular formula is C20H26O4. The molecule has 2 atom stereocenters. The molecular weight excluding hydrogens is 304 g/mol. The van der Waals surface area contributed by atoms with Crippen molar-refractivity contribution in [1.29, 1.82) is 0 Å². The zero-order valence-electron chi connectivity index (χ0n) is 14.6. The topological polar surface area (TPSA) is 44.8 Å². The molecule has 1 spiro atoms. The molecule has 0 bridgehead atoms. The third-order valence-electron chi connectivity index (χ3n) is 6.56. The molecule has 0 amide bonds. The number of methoxy groups -OCH3 is 1. The van der Waals surface area contributed by atoms with Crippen LogP contribution in [-0.2, 0) is 26.0 Å². The Hall–Kier alpha value is -1.39. The van der Waals surface area contributed by atoms with Gasteiger partial charge in [-0.25, -0.2) is 4.79 Å². The number of hydrogen-bond donors (Lipinski definition) is 0. The van der Waals surface area contributed by atoms with E-state index in [2.05, 4.69) is 13.0 Å². The summed E-state index contributed by atoms with van der Waals surface area (Å²) in [5.41, 5.74) is 3.61. The monoisotopic (exact) mass is 330 g/mol. The van der Waals surface area contributed by atoms with Gasteiger partial charge in [0.1, 0.15) is 0 Å². The number of ether oxygens (including phenoxy) is 3. The molecule has 4 nitrogen and oxygen atoms in total. The molecule has 2 aliphatic carbocycles. The average Bonchev–Trinajstić information content (AvgIpc) is 3.08. The van der Waals surface area contributed by atoms with Crippen molar-refractivity contribution in [3.8, 4) is 0 Å². The summed E-state index contributed by atoms with van der Waals surface area (Å²) in [5, 5.41) is 0. The van der Waals surface area contributed by atoms with Crippen molar-refractivity contribution in [2.24, 2.45) is 5.92 Å². The average molecular weight is 330 g/mol. The van der Waals surface area contributed by atoms with E-state index >= 15 is 0 Å². The minimum absolute atomic E-state index is 0.197. The first-order valence-corrected chi connectivity index (χ1v) is 9.12. The summed E-state index contributed by atoms with van der Waals surface area (Å²) in [5.74, 6) is 0.0129. The lowest BCUT2D eigenvalue weighted by atomic mass is 9.55. The molecule has 2 fully saturated rings. The van der Waals surface area contributed by atoms with Crippen LogP contribution in [0.1, 0.15) is 60.5 Å². The Morgan fingerprint density at radius 1 is 1.29 bits per heavy atom. The van der Waals surface area contributed by atoms with E-state index in [4.69, 9.17) is 14.2 Å². The van der Waals surface area contributed by atoms with E-state index in [0.717, 1.165) is 51.7 Å². The molecule has 4 heteroatoms. The van der Waals surface area contributed by atoms with Crippen molar-refractivity contribution < 1.29 is 19.0 Å². The molecule has 1 aliphatic heterocycles. The van der Waals surface area contributed by atoms with Gasteiger partial charge in [0, 0.05) is 12.8 Å². The quantitative estimate of drug-likeness (QED) is 0.777. The van der Waals surface area contributed by atoms with E-state index in [1.54, 1.807) is 0 Å². The first-order chi connectivity index (χ1) is 11.6. The van der Waals surface area contributed by atoms with Crippen LogP contribution in [0.15, 0.2) is 18.2 Å². The molecule has 1 heterocycles. The zero-order chi connectivity index (χ0) is 16.8. The van der Waals surface area contributed by atoms with Crippen LogP contribution < -0.4 is 0 Å². The van der Waals surface area contributed by atoms with Crippen LogP contribution in [0, 0.1) is 5.92 Å². The van der Waals surface area contributed by atoms with Gasteiger partial charge >= 0.3 is 5.97 Å². The Morgan fingerprint density at radius 3 is 2.79 bits per heavy atom. The van der Waals surface area contributed by atoms with Gasteiger partial charge in [-0.15, -0.1) is 0 Å². The Kier molecular flexibility index (Phi) is 3.92. The Labute approximate surface area is 143 Å². The second-order valence-corrected chi connectivity index (χ2v) is 7.42. The molecule has 3 aliphatic rings. The number of carbonyl (C=O) groups is 1. The molecule has 1 aromatic carbocycles. The number of fused-ring (bicyclic) bond motifs is 3. The predicted octanol–water partition coefficient (Wildman–Crippen LogP) is 3.61. The molecule has 4 rings (SSSR count). The van der Waals surface area contributed by atoms with Crippen LogP contribution in [0.5, 0.6) is 0 Å². The first-order valence-electron chi connectivity index (χ1n) is 9.12. The highest BCUT2D eigenvalue weighted by atomic mass is 16.7. The van der Waals surface area contributed by atoms with Gasteiger partial charge in [-0.2, -0.15) is 0 Å². The second-order valence-electron chi connectivity index (χ2n) is 7.42. The Morgan fingerprint density at radius 2 is 2.08 bits per heavy atom. The summed E-state index contributed by atoms with van der Waals surface area (Å²) < 4.78 is 16.9. The van der Waals surface area contributed by atoms with Crippen molar-refractivity contribution >= 4 is 5.97 Å². The molecule has 1 saturated carbocycles. The normalized spacial score (nSPS) is 30.7. The third-order valence-corrected chi connectivity index (χ3v) is 6.56. The summed E-state index contributed by atoms with van der Waals surface area (Å²) >= 11 is 0. The highest BCUT2D eigenvalue weighted by molar-refractivity contribution is 5.89. The molecule has 0 radical (unpaired) electrons. The summed E-state index contributed by atoms with van der Waals surface area (Å²) in [6, 6.07) is 6.14. The van der Waals surface area contributed by atoms with Crippen LogP contribution >= 0.6 is 0 Å². The van der Waals surface area contributed by atoms with Crippen LogP contribution in [-0.4, -0.2) is 32.1 Å². The minimum atomic E-state index is -0.327. The lowest BCUT2D eigenvalue weighted by molar-refractivity contribution is -0.200. The summed E-state index contributed by atoms with van der Waals surface area (Å²) in [6.45, 7) is 3.75. The standard InChI is InChI=1S/C20H26O4/c1-3-19-8-9-20(23-10-11-24-20)13-16(19)6-4-14-12-15(18(21)22-2)5-7-17(14)19/h5,7,12,16H,3-4,6,8-11,13H2,1-2H3/t16-,19+/m0/s1. The van der Waals surface area contributed by atoms with Gasteiger partial charge in [-0.1, -0.05) is 13.0 Å². The number of aryl methyl sites for hydroxylation is 1. The van der Waals surface area contributed by atoms with Gasteiger partial charge in [0.25, 0.3) is 0 Å². The lowest BCUT2D eigenvalue weighted by Gasteiger charge is -2.52. The molecule has 130 valence electrons. The number of hydrogen-bond acceptors (Lipinski definition) is 4. The van der Waals surface area contributed by atoms with Crippen LogP contribution in [0.4, 0.5) is 0 Å². The van der Waals surface area contributed by atoms with E-state index in [0.29, 0.717) is 11.5 Å². The first kappa shape index (κ1) is 16.1. The lowest BCUT2D eigenvalue weighted by Crippen LogP contribution is -2.50. The number of esters is 1. The maximum absolute atomic E-state index is 11.8.